The highest BCUT2D eigenvalue weighted by molar-refractivity contribution is 6.30. The number of piperazine rings is 1. The molecule has 1 aromatic rings. The summed E-state index contributed by atoms with van der Waals surface area (Å²) >= 11 is 5.77. The molecule has 19 heavy (non-hydrogen) atoms. The minimum Gasteiger partial charge on any atom is -0.480 e. The van der Waals surface area contributed by atoms with Gasteiger partial charge in [0.2, 0.25) is 0 Å². The third kappa shape index (κ3) is 3.05. The summed E-state index contributed by atoms with van der Waals surface area (Å²) in [6.07, 6.45) is 0. The Hall–Kier alpha value is -1.17. The van der Waals surface area contributed by atoms with Gasteiger partial charge in [-0.15, -0.1) is 0 Å². The van der Waals surface area contributed by atoms with E-state index in [1.54, 1.807) is 12.1 Å². The summed E-state index contributed by atoms with van der Waals surface area (Å²) < 4.78 is 13.2. The van der Waals surface area contributed by atoms with Gasteiger partial charge in [0.1, 0.15) is 11.9 Å². The summed E-state index contributed by atoms with van der Waals surface area (Å²) in [7, 11) is 0. The molecule has 2 unspecified atom stereocenters. The first-order valence-electron chi connectivity index (χ1n) is 6.15. The van der Waals surface area contributed by atoms with Crippen LogP contribution < -0.4 is 5.32 Å². The van der Waals surface area contributed by atoms with E-state index in [1.807, 2.05) is 11.8 Å². The maximum absolute atomic E-state index is 13.2. The molecule has 0 aliphatic carbocycles. The Morgan fingerprint density at radius 1 is 1.63 bits per heavy atom. The number of nitrogens with one attached hydrogen (secondary N) is 1. The first-order valence-corrected chi connectivity index (χ1v) is 6.52. The minimum absolute atomic E-state index is 0.0614. The Kier molecular flexibility index (Phi) is 4.39. The Labute approximate surface area is 116 Å². The molecule has 2 N–H and O–H groups in total. The highest BCUT2D eigenvalue weighted by Crippen LogP contribution is 2.26. The van der Waals surface area contributed by atoms with E-state index in [9.17, 15) is 14.3 Å². The van der Waals surface area contributed by atoms with Crippen molar-refractivity contribution in [3.8, 4) is 0 Å². The molecule has 1 saturated heterocycles. The molecule has 0 radical (unpaired) electrons. The molecule has 1 aliphatic heterocycles. The average Bonchev–Trinajstić information content (AvgIpc) is 2.41. The second kappa shape index (κ2) is 5.86. The molecule has 4 nitrogen and oxygen atoms in total. The van der Waals surface area contributed by atoms with E-state index in [4.69, 9.17) is 11.6 Å². The van der Waals surface area contributed by atoms with Gasteiger partial charge in [-0.25, -0.2) is 4.39 Å². The monoisotopic (exact) mass is 286 g/mol. The fourth-order valence-electron chi connectivity index (χ4n) is 2.38. The van der Waals surface area contributed by atoms with Gasteiger partial charge in [0.05, 0.1) is 5.02 Å². The number of hydrogen-bond donors (Lipinski definition) is 2. The molecular formula is C13H16ClFN2O2. The van der Waals surface area contributed by atoms with Crippen molar-refractivity contribution < 1.29 is 14.3 Å². The number of halogens is 2. The van der Waals surface area contributed by atoms with Gasteiger partial charge in [0.15, 0.2) is 0 Å². The molecule has 0 saturated carbocycles. The van der Waals surface area contributed by atoms with Gasteiger partial charge in [-0.05, 0) is 24.6 Å². The number of aliphatic carboxylic acids is 1. The molecule has 0 aromatic heterocycles. The first-order chi connectivity index (χ1) is 9.00. The number of carboxylic acid groups (broad SMARTS) is 1. The number of carbonyl (C=O) groups is 1. The zero-order valence-corrected chi connectivity index (χ0v) is 11.3. The van der Waals surface area contributed by atoms with Crippen LogP contribution in [0.1, 0.15) is 18.5 Å². The maximum atomic E-state index is 13.2. The normalized spacial score (nSPS) is 22.2. The van der Waals surface area contributed by atoms with E-state index < -0.39 is 17.8 Å². The van der Waals surface area contributed by atoms with E-state index in [0.717, 1.165) is 12.1 Å². The van der Waals surface area contributed by atoms with Crippen LogP contribution >= 0.6 is 11.6 Å². The Morgan fingerprint density at radius 3 is 3.00 bits per heavy atom. The van der Waals surface area contributed by atoms with Crippen molar-refractivity contribution in [3.05, 3.63) is 34.6 Å². The van der Waals surface area contributed by atoms with Crippen LogP contribution in [0.25, 0.3) is 0 Å². The van der Waals surface area contributed by atoms with Crippen LogP contribution in [0, 0.1) is 5.82 Å². The molecular weight excluding hydrogens is 271 g/mol. The van der Waals surface area contributed by atoms with Gasteiger partial charge in [-0.2, -0.15) is 0 Å². The summed E-state index contributed by atoms with van der Waals surface area (Å²) in [5, 5.41) is 12.4. The molecule has 0 spiro atoms. The van der Waals surface area contributed by atoms with Crippen molar-refractivity contribution in [2.75, 3.05) is 19.6 Å². The second-order valence-corrected chi connectivity index (χ2v) is 5.05. The summed E-state index contributed by atoms with van der Waals surface area (Å²) in [4.78, 5) is 13.1. The quantitative estimate of drug-likeness (QED) is 0.891. The highest BCUT2D eigenvalue weighted by Gasteiger charge is 2.32. The van der Waals surface area contributed by atoms with Crippen LogP contribution in [0.4, 0.5) is 4.39 Å². The zero-order valence-electron chi connectivity index (χ0n) is 10.6. The molecule has 0 amide bonds. The third-order valence-electron chi connectivity index (χ3n) is 3.49. The molecule has 1 heterocycles. The van der Waals surface area contributed by atoms with Gasteiger partial charge in [0, 0.05) is 25.7 Å². The topological polar surface area (TPSA) is 52.6 Å². The lowest BCUT2D eigenvalue weighted by Crippen LogP contribution is -2.55. The van der Waals surface area contributed by atoms with Gasteiger partial charge >= 0.3 is 5.97 Å². The van der Waals surface area contributed by atoms with E-state index in [2.05, 4.69) is 5.32 Å². The molecule has 0 bridgehead atoms. The zero-order chi connectivity index (χ0) is 14.0. The van der Waals surface area contributed by atoms with Gasteiger partial charge < -0.3 is 10.4 Å². The van der Waals surface area contributed by atoms with Crippen molar-refractivity contribution in [3.63, 3.8) is 0 Å². The third-order valence-corrected chi connectivity index (χ3v) is 3.78. The Balaban J connectivity index is 2.23. The largest absolute Gasteiger partial charge is 0.480 e. The molecule has 6 heteroatoms. The van der Waals surface area contributed by atoms with Gasteiger partial charge in [0.25, 0.3) is 0 Å². The van der Waals surface area contributed by atoms with Crippen LogP contribution in [0.15, 0.2) is 18.2 Å². The number of nitrogens with zero attached hydrogens (tertiary/aromatic N) is 1. The van der Waals surface area contributed by atoms with E-state index in [1.165, 1.54) is 6.07 Å². The number of hydrogen-bond acceptors (Lipinski definition) is 3. The predicted molar refractivity (Wildman–Crippen MR) is 70.8 cm³/mol. The van der Waals surface area contributed by atoms with Crippen molar-refractivity contribution in [1.29, 1.82) is 0 Å². The summed E-state index contributed by atoms with van der Waals surface area (Å²) in [5.74, 6) is -1.32. The van der Waals surface area contributed by atoms with Gasteiger partial charge in [-0.1, -0.05) is 17.7 Å². The van der Waals surface area contributed by atoms with Crippen molar-refractivity contribution in [2.24, 2.45) is 0 Å². The van der Waals surface area contributed by atoms with Crippen molar-refractivity contribution >= 4 is 17.6 Å². The average molecular weight is 287 g/mol. The molecule has 2 atom stereocenters. The van der Waals surface area contributed by atoms with Crippen molar-refractivity contribution in [1.82, 2.24) is 10.2 Å². The van der Waals surface area contributed by atoms with Crippen LogP contribution in [-0.4, -0.2) is 41.7 Å². The number of benzene rings is 1. The predicted octanol–water partition coefficient (Wildman–Crippen LogP) is 1.90. The Morgan fingerprint density at radius 2 is 2.37 bits per heavy atom. The fraction of sp³-hybridized carbons (Fsp3) is 0.462. The molecule has 2 rings (SSSR count). The standard InChI is InChI=1S/C13H16ClFN2O2/c1-8(9-2-3-11(15)10(14)6-9)17-5-4-16-7-12(17)13(18)19/h2-3,6,8,12,16H,4-5,7H2,1H3,(H,18,19). The lowest BCUT2D eigenvalue weighted by atomic mass is 10.0. The van der Waals surface area contributed by atoms with Crippen LogP contribution in [0.5, 0.6) is 0 Å². The fourth-order valence-corrected chi connectivity index (χ4v) is 2.57. The number of carboxylic acids is 1. The maximum Gasteiger partial charge on any atom is 0.322 e. The van der Waals surface area contributed by atoms with Gasteiger partial charge in [-0.3, -0.25) is 9.69 Å². The van der Waals surface area contributed by atoms with Crippen LogP contribution in [-0.2, 0) is 4.79 Å². The van der Waals surface area contributed by atoms with E-state index >= 15 is 0 Å². The van der Waals surface area contributed by atoms with E-state index in [-0.39, 0.29) is 11.1 Å². The van der Waals surface area contributed by atoms with Crippen LogP contribution in [0.3, 0.4) is 0 Å². The Bertz CT molecular complexity index is 484. The minimum atomic E-state index is -0.854. The lowest BCUT2D eigenvalue weighted by molar-refractivity contribution is -0.145. The van der Waals surface area contributed by atoms with E-state index in [0.29, 0.717) is 13.1 Å². The summed E-state index contributed by atoms with van der Waals surface area (Å²) in [6.45, 7) is 3.69. The molecule has 104 valence electrons. The molecule has 1 fully saturated rings. The lowest BCUT2D eigenvalue weighted by Gasteiger charge is -2.38. The molecule has 1 aliphatic rings. The smallest absolute Gasteiger partial charge is 0.322 e. The SMILES string of the molecule is CC(c1ccc(F)c(Cl)c1)N1CCNCC1C(=O)O. The highest BCUT2D eigenvalue weighted by atomic mass is 35.5. The first kappa shape index (κ1) is 14.2. The summed E-state index contributed by atoms with van der Waals surface area (Å²) in [5.41, 5.74) is 0.819. The second-order valence-electron chi connectivity index (χ2n) is 4.65. The molecule has 1 aromatic carbocycles. The summed E-state index contributed by atoms with van der Waals surface area (Å²) in [6, 6.07) is 3.82. The number of rotatable bonds is 3. The van der Waals surface area contributed by atoms with Crippen LogP contribution in [0.2, 0.25) is 5.02 Å². The van der Waals surface area contributed by atoms with Crippen molar-refractivity contribution in [2.45, 2.75) is 19.0 Å².